The van der Waals surface area contributed by atoms with Crippen LogP contribution in [0, 0.1) is 5.92 Å². The lowest BCUT2D eigenvalue weighted by Crippen LogP contribution is -2.41. The number of rotatable bonds is 7. The summed E-state index contributed by atoms with van der Waals surface area (Å²) in [6.07, 6.45) is 0.317. The van der Waals surface area contributed by atoms with Gasteiger partial charge < -0.3 is 15.8 Å². The number of hydrogen-bond acceptors (Lipinski definition) is 3. The molecular formula is C10H24N2O. The fourth-order valence-electron chi connectivity index (χ4n) is 1.13. The first kappa shape index (κ1) is 12.9. The number of ether oxygens (including phenoxy) is 1. The Kier molecular flexibility index (Phi) is 7.23. The van der Waals surface area contributed by atoms with Crippen LogP contribution in [0.3, 0.4) is 0 Å². The summed E-state index contributed by atoms with van der Waals surface area (Å²) in [4.78, 5) is 0. The van der Waals surface area contributed by atoms with Crippen LogP contribution in [0.5, 0.6) is 0 Å². The molecule has 0 amide bonds. The van der Waals surface area contributed by atoms with E-state index in [0.717, 1.165) is 13.2 Å². The van der Waals surface area contributed by atoms with Crippen molar-refractivity contribution in [2.75, 3.05) is 19.7 Å². The molecule has 0 aliphatic carbocycles. The first-order chi connectivity index (χ1) is 6.07. The second-order valence-corrected chi connectivity index (χ2v) is 3.96. The molecule has 80 valence electrons. The molecule has 13 heavy (non-hydrogen) atoms. The highest BCUT2D eigenvalue weighted by molar-refractivity contribution is 4.70. The molecule has 0 aliphatic heterocycles. The van der Waals surface area contributed by atoms with Crippen LogP contribution in [0.15, 0.2) is 0 Å². The molecule has 0 heterocycles. The van der Waals surface area contributed by atoms with Gasteiger partial charge in [0.2, 0.25) is 0 Å². The van der Waals surface area contributed by atoms with E-state index < -0.39 is 0 Å². The average Bonchev–Trinajstić information content (AvgIpc) is 2.03. The van der Waals surface area contributed by atoms with Crippen molar-refractivity contribution in [3.63, 3.8) is 0 Å². The summed E-state index contributed by atoms with van der Waals surface area (Å²) < 4.78 is 5.41. The molecule has 0 saturated carbocycles. The normalized spacial score (nSPS) is 14.1. The summed E-state index contributed by atoms with van der Waals surface area (Å²) in [5.41, 5.74) is 5.61. The Balaban J connectivity index is 3.39. The quantitative estimate of drug-likeness (QED) is 0.586. The molecule has 0 radical (unpaired) electrons. The van der Waals surface area contributed by atoms with E-state index in [-0.39, 0.29) is 0 Å². The maximum atomic E-state index is 5.61. The predicted molar refractivity (Wildman–Crippen MR) is 56.8 cm³/mol. The average molecular weight is 188 g/mol. The van der Waals surface area contributed by atoms with Gasteiger partial charge >= 0.3 is 0 Å². The van der Waals surface area contributed by atoms with Crippen molar-refractivity contribution in [3.05, 3.63) is 0 Å². The van der Waals surface area contributed by atoms with E-state index in [0.29, 0.717) is 24.6 Å². The monoisotopic (exact) mass is 188 g/mol. The Morgan fingerprint density at radius 2 is 1.85 bits per heavy atom. The van der Waals surface area contributed by atoms with Gasteiger partial charge in [-0.3, -0.25) is 0 Å². The Hall–Kier alpha value is -0.120. The summed E-state index contributed by atoms with van der Waals surface area (Å²) in [6, 6.07) is 0.413. The van der Waals surface area contributed by atoms with Crippen LogP contribution in [0.25, 0.3) is 0 Å². The van der Waals surface area contributed by atoms with Crippen LogP contribution in [0.4, 0.5) is 0 Å². The van der Waals surface area contributed by atoms with Gasteiger partial charge in [-0.15, -0.1) is 0 Å². The van der Waals surface area contributed by atoms with E-state index in [2.05, 4.69) is 19.2 Å². The number of nitrogens with two attached hydrogens (primary N) is 1. The molecule has 0 aromatic heterocycles. The molecule has 1 atom stereocenters. The van der Waals surface area contributed by atoms with Gasteiger partial charge in [0.1, 0.15) is 0 Å². The van der Waals surface area contributed by atoms with Gasteiger partial charge in [0.05, 0.1) is 12.7 Å². The zero-order valence-corrected chi connectivity index (χ0v) is 9.34. The Bertz CT molecular complexity index is 115. The highest BCUT2D eigenvalue weighted by Gasteiger charge is 2.09. The van der Waals surface area contributed by atoms with E-state index in [4.69, 9.17) is 10.5 Å². The summed E-state index contributed by atoms with van der Waals surface area (Å²) in [5.74, 6) is 0.587. The fourth-order valence-corrected chi connectivity index (χ4v) is 1.13. The molecule has 3 heteroatoms. The molecular weight excluding hydrogens is 164 g/mol. The minimum Gasteiger partial charge on any atom is -0.377 e. The van der Waals surface area contributed by atoms with E-state index in [9.17, 15) is 0 Å². The van der Waals surface area contributed by atoms with Crippen LogP contribution >= 0.6 is 0 Å². The van der Waals surface area contributed by atoms with Gasteiger partial charge in [-0.05, 0) is 19.8 Å². The van der Waals surface area contributed by atoms with Gasteiger partial charge in [-0.1, -0.05) is 13.8 Å². The molecule has 0 bridgehead atoms. The third kappa shape index (κ3) is 6.99. The lowest BCUT2D eigenvalue weighted by atomic mass is 10.1. The van der Waals surface area contributed by atoms with Crippen molar-refractivity contribution >= 4 is 0 Å². The van der Waals surface area contributed by atoms with Crippen LogP contribution < -0.4 is 11.1 Å². The maximum Gasteiger partial charge on any atom is 0.0594 e. The minimum atomic E-state index is 0.317. The molecule has 1 unspecified atom stereocenters. The Labute approximate surface area is 82.0 Å². The van der Waals surface area contributed by atoms with E-state index in [1.165, 1.54) is 0 Å². The third-order valence-corrected chi connectivity index (χ3v) is 2.02. The molecule has 0 spiro atoms. The molecule has 0 saturated heterocycles. The van der Waals surface area contributed by atoms with Gasteiger partial charge in [0.15, 0.2) is 0 Å². The molecule has 0 aromatic carbocycles. The number of hydrogen-bond donors (Lipinski definition) is 2. The van der Waals surface area contributed by atoms with Crippen LogP contribution in [0.1, 0.15) is 27.7 Å². The number of nitrogens with one attached hydrogen (secondary N) is 1. The highest BCUT2D eigenvalue weighted by atomic mass is 16.5. The topological polar surface area (TPSA) is 47.3 Å². The lowest BCUT2D eigenvalue weighted by Gasteiger charge is -2.20. The largest absolute Gasteiger partial charge is 0.377 e. The van der Waals surface area contributed by atoms with Crippen LogP contribution in [-0.2, 0) is 4.74 Å². The minimum absolute atomic E-state index is 0.317. The molecule has 0 aromatic rings. The van der Waals surface area contributed by atoms with Crippen molar-refractivity contribution < 1.29 is 4.74 Å². The summed E-state index contributed by atoms with van der Waals surface area (Å²) in [6.45, 7) is 10.8. The third-order valence-electron chi connectivity index (χ3n) is 2.02. The van der Waals surface area contributed by atoms with Crippen molar-refractivity contribution in [2.45, 2.75) is 39.8 Å². The van der Waals surface area contributed by atoms with Crippen molar-refractivity contribution in [2.24, 2.45) is 11.7 Å². The first-order valence-electron chi connectivity index (χ1n) is 5.13. The Morgan fingerprint density at radius 3 is 2.23 bits per heavy atom. The van der Waals surface area contributed by atoms with Gasteiger partial charge in [0.25, 0.3) is 0 Å². The smallest absolute Gasteiger partial charge is 0.0594 e. The molecule has 0 aliphatic rings. The molecule has 0 fully saturated rings. The fraction of sp³-hybridized carbons (Fsp3) is 1.00. The molecule has 3 N–H and O–H groups in total. The SMILES string of the molecule is CC(C)OCCNC(CN)C(C)C. The summed E-state index contributed by atoms with van der Waals surface area (Å²) in [7, 11) is 0. The van der Waals surface area contributed by atoms with Crippen molar-refractivity contribution in [1.29, 1.82) is 0 Å². The molecule has 3 nitrogen and oxygen atoms in total. The summed E-state index contributed by atoms with van der Waals surface area (Å²) in [5, 5.41) is 3.37. The zero-order valence-electron chi connectivity index (χ0n) is 9.34. The lowest BCUT2D eigenvalue weighted by molar-refractivity contribution is 0.0786. The van der Waals surface area contributed by atoms with Crippen LogP contribution in [0.2, 0.25) is 0 Å². The van der Waals surface area contributed by atoms with E-state index >= 15 is 0 Å². The van der Waals surface area contributed by atoms with Crippen LogP contribution in [-0.4, -0.2) is 31.8 Å². The summed E-state index contributed by atoms with van der Waals surface area (Å²) >= 11 is 0. The second kappa shape index (κ2) is 7.30. The highest BCUT2D eigenvalue weighted by Crippen LogP contribution is 1.98. The van der Waals surface area contributed by atoms with E-state index in [1.54, 1.807) is 0 Å². The van der Waals surface area contributed by atoms with Crippen molar-refractivity contribution in [1.82, 2.24) is 5.32 Å². The predicted octanol–water partition coefficient (Wildman–Crippen LogP) is 0.984. The van der Waals surface area contributed by atoms with E-state index in [1.807, 2.05) is 13.8 Å². The molecule has 0 rings (SSSR count). The first-order valence-corrected chi connectivity index (χ1v) is 5.13. The zero-order chi connectivity index (χ0) is 10.3. The Morgan fingerprint density at radius 1 is 1.23 bits per heavy atom. The van der Waals surface area contributed by atoms with Gasteiger partial charge in [-0.25, -0.2) is 0 Å². The maximum absolute atomic E-state index is 5.61. The standard InChI is InChI=1S/C10H24N2O/c1-8(2)10(7-11)12-5-6-13-9(3)4/h8-10,12H,5-7,11H2,1-4H3. The van der Waals surface area contributed by atoms with Gasteiger partial charge in [0, 0.05) is 19.1 Å². The van der Waals surface area contributed by atoms with Crippen molar-refractivity contribution in [3.8, 4) is 0 Å². The van der Waals surface area contributed by atoms with Gasteiger partial charge in [-0.2, -0.15) is 0 Å². The second-order valence-electron chi connectivity index (χ2n) is 3.96.